The summed E-state index contributed by atoms with van der Waals surface area (Å²) < 4.78 is 23.0. The molecule has 1 amide bonds. The van der Waals surface area contributed by atoms with Gasteiger partial charge in [-0.05, 0) is 31.7 Å². The zero-order valence-corrected chi connectivity index (χ0v) is 12.5. The van der Waals surface area contributed by atoms with Crippen LogP contribution in [-0.2, 0) is 21.1 Å². The molecule has 6 nitrogen and oxygen atoms in total. The second-order valence-corrected chi connectivity index (χ2v) is 7.43. The highest BCUT2D eigenvalue weighted by molar-refractivity contribution is 7.91. The summed E-state index contributed by atoms with van der Waals surface area (Å²) in [6.07, 6.45) is 6.17. The van der Waals surface area contributed by atoms with Gasteiger partial charge in [0.15, 0.2) is 9.84 Å². The van der Waals surface area contributed by atoms with E-state index in [9.17, 15) is 13.2 Å². The van der Waals surface area contributed by atoms with Gasteiger partial charge >= 0.3 is 0 Å². The quantitative estimate of drug-likeness (QED) is 0.841. The summed E-state index contributed by atoms with van der Waals surface area (Å²) in [5, 5.41) is 6.61. The number of hydrogen-bond donors (Lipinski definition) is 1. The Morgan fingerprint density at radius 3 is 2.90 bits per heavy atom. The molecule has 7 heteroatoms. The van der Waals surface area contributed by atoms with Crippen molar-refractivity contribution in [2.45, 2.75) is 38.6 Å². The Bertz CT molecular complexity index is 539. The van der Waals surface area contributed by atoms with Crippen LogP contribution < -0.4 is 0 Å². The lowest BCUT2D eigenvalue weighted by Crippen LogP contribution is -2.40. The number of carbonyl (C=O) groups excluding carboxylic acids is 1. The number of H-pyrrole nitrogens is 1. The Hall–Kier alpha value is -1.37. The van der Waals surface area contributed by atoms with E-state index < -0.39 is 9.84 Å². The average molecular weight is 299 g/mol. The first-order valence-electron chi connectivity index (χ1n) is 6.99. The third kappa shape index (κ3) is 3.82. The summed E-state index contributed by atoms with van der Waals surface area (Å²) in [5.41, 5.74) is 1.09. The molecule has 1 aromatic heterocycles. The molecule has 0 spiro atoms. The van der Waals surface area contributed by atoms with Crippen LogP contribution in [0.2, 0.25) is 0 Å². The van der Waals surface area contributed by atoms with Crippen LogP contribution in [0.25, 0.3) is 0 Å². The van der Waals surface area contributed by atoms with E-state index in [1.54, 1.807) is 11.1 Å². The van der Waals surface area contributed by atoms with Crippen molar-refractivity contribution in [3.8, 4) is 0 Å². The molecule has 0 aromatic carbocycles. The van der Waals surface area contributed by atoms with Gasteiger partial charge in [-0.3, -0.25) is 9.89 Å². The highest BCUT2D eigenvalue weighted by Crippen LogP contribution is 2.19. The molecule has 112 valence electrons. The molecule has 0 aliphatic carbocycles. The highest BCUT2D eigenvalue weighted by atomic mass is 32.2. The van der Waals surface area contributed by atoms with Crippen molar-refractivity contribution in [3.63, 3.8) is 0 Å². The largest absolute Gasteiger partial charge is 0.339 e. The number of hydrogen-bond acceptors (Lipinski definition) is 4. The predicted octanol–water partition coefficient (Wildman–Crippen LogP) is 0.768. The number of aromatic nitrogens is 2. The van der Waals surface area contributed by atoms with E-state index in [0.29, 0.717) is 19.4 Å². The summed E-state index contributed by atoms with van der Waals surface area (Å²) in [6.45, 7) is 2.48. The van der Waals surface area contributed by atoms with Gasteiger partial charge in [0, 0.05) is 25.2 Å². The molecule has 1 saturated heterocycles. The number of sulfone groups is 1. The first-order chi connectivity index (χ1) is 9.52. The fourth-order valence-corrected chi connectivity index (χ4v) is 4.39. The van der Waals surface area contributed by atoms with Crippen LogP contribution in [0.5, 0.6) is 0 Å². The summed E-state index contributed by atoms with van der Waals surface area (Å²) in [5.74, 6) is 0.378. The van der Waals surface area contributed by atoms with Gasteiger partial charge in [-0.15, -0.1) is 0 Å². The normalized spacial score (nSPS) is 20.9. The predicted molar refractivity (Wildman–Crippen MR) is 76.0 cm³/mol. The zero-order chi connectivity index (χ0) is 14.6. The first kappa shape index (κ1) is 15.0. The van der Waals surface area contributed by atoms with Crippen molar-refractivity contribution in [2.24, 2.45) is 0 Å². The highest BCUT2D eigenvalue weighted by Gasteiger charge is 2.33. The molecule has 1 atom stereocenters. The van der Waals surface area contributed by atoms with Gasteiger partial charge in [0.2, 0.25) is 5.91 Å². The molecular formula is C13H21N3O3S. The smallest absolute Gasteiger partial charge is 0.222 e. The lowest BCUT2D eigenvalue weighted by Gasteiger charge is -2.26. The van der Waals surface area contributed by atoms with Crippen LogP contribution in [0.15, 0.2) is 12.4 Å². The maximum atomic E-state index is 12.2. The fraction of sp³-hybridized carbons (Fsp3) is 0.692. The van der Waals surface area contributed by atoms with E-state index in [2.05, 4.69) is 10.2 Å². The average Bonchev–Trinajstić information content (AvgIpc) is 3.00. The maximum absolute atomic E-state index is 12.2. The van der Waals surface area contributed by atoms with Crippen LogP contribution in [0.3, 0.4) is 0 Å². The van der Waals surface area contributed by atoms with Crippen LogP contribution in [0, 0.1) is 0 Å². The minimum absolute atomic E-state index is 0.0538. The Balaban J connectivity index is 1.83. The number of aromatic amines is 1. The molecule has 1 aromatic rings. The van der Waals surface area contributed by atoms with Crippen LogP contribution in [0.1, 0.15) is 31.7 Å². The molecule has 20 heavy (non-hydrogen) atoms. The molecule has 1 aliphatic heterocycles. The van der Waals surface area contributed by atoms with E-state index in [-0.39, 0.29) is 23.5 Å². The number of amides is 1. The van der Waals surface area contributed by atoms with E-state index in [1.165, 1.54) is 0 Å². The Morgan fingerprint density at radius 1 is 1.55 bits per heavy atom. The van der Waals surface area contributed by atoms with Crippen molar-refractivity contribution in [1.29, 1.82) is 0 Å². The third-order valence-corrected chi connectivity index (χ3v) is 5.47. The molecule has 2 heterocycles. The van der Waals surface area contributed by atoms with Gasteiger partial charge in [0.25, 0.3) is 0 Å². The molecule has 2 rings (SSSR count). The van der Waals surface area contributed by atoms with Gasteiger partial charge in [0.05, 0.1) is 17.7 Å². The Kier molecular flexibility index (Phi) is 4.80. The molecule has 1 fully saturated rings. The van der Waals surface area contributed by atoms with Crippen molar-refractivity contribution < 1.29 is 13.2 Å². The molecule has 0 radical (unpaired) electrons. The monoisotopic (exact) mass is 299 g/mol. The number of nitrogens with one attached hydrogen (secondary N) is 1. The van der Waals surface area contributed by atoms with Gasteiger partial charge < -0.3 is 4.90 Å². The molecule has 1 N–H and O–H groups in total. The van der Waals surface area contributed by atoms with Crippen molar-refractivity contribution >= 4 is 15.7 Å². The van der Waals surface area contributed by atoms with Gasteiger partial charge in [0.1, 0.15) is 0 Å². The molecule has 0 unspecified atom stereocenters. The van der Waals surface area contributed by atoms with Crippen molar-refractivity contribution in [1.82, 2.24) is 15.1 Å². The summed E-state index contributed by atoms with van der Waals surface area (Å²) in [7, 11) is -2.95. The van der Waals surface area contributed by atoms with Gasteiger partial charge in [-0.1, -0.05) is 0 Å². The van der Waals surface area contributed by atoms with Crippen molar-refractivity contribution in [3.05, 3.63) is 18.0 Å². The van der Waals surface area contributed by atoms with Crippen molar-refractivity contribution in [2.75, 3.05) is 18.1 Å². The number of rotatable bonds is 6. The number of aryl methyl sites for hydroxylation is 1. The lowest BCUT2D eigenvalue weighted by atomic mass is 10.1. The molecule has 0 bridgehead atoms. The summed E-state index contributed by atoms with van der Waals surface area (Å²) in [4.78, 5) is 13.9. The Labute approximate surface area is 119 Å². The zero-order valence-electron chi connectivity index (χ0n) is 11.7. The van der Waals surface area contributed by atoms with Gasteiger partial charge in [-0.2, -0.15) is 5.10 Å². The minimum atomic E-state index is -2.95. The minimum Gasteiger partial charge on any atom is -0.339 e. The Morgan fingerprint density at radius 2 is 2.35 bits per heavy atom. The number of carbonyl (C=O) groups is 1. The summed E-state index contributed by atoms with van der Waals surface area (Å²) in [6, 6.07) is -0.133. The SMILES string of the molecule is CCN(C(=O)CCCc1cn[nH]c1)[C@@H]1CCS(=O)(=O)C1. The number of nitrogens with zero attached hydrogens (tertiary/aromatic N) is 2. The molecular weight excluding hydrogens is 278 g/mol. The van der Waals surface area contributed by atoms with E-state index in [1.807, 2.05) is 13.1 Å². The third-order valence-electron chi connectivity index (χ3n) is 3.72. The standard InChI is InChI=1S/C13H21N3O3S/c1-2-16(12-6-7-20(18,19)10-12)13(17)5-3-4-11-8-14-15-9-11/h8-9,12H,2-7,10H2,1H3,(H,14,15)/t12-/m1/s1. The molecule has 1 aliphatic rings. The van der Waals surface area contributed by atoms with Crippen LogP contribution in [0.4, 0.5) is 0 Å². The maximum Gasteiger partial charge on any atom is 0.222 e. The van der Waals surface area contributed by atoms with Gasteiger partial charge in [-0.25, -0.2) is 8.42 Å². The summed E-state index contributed by atoms with van der Waals surface area (Å²) >= 11 is 0. The molecule has 0 saturated carbocycles. The topological polar surface area (TPSA) is 83.1 Å². The van der Waals surface area contributed by atoms with Crippen LogP contribution in [-0.4, -0.2) is 53.5 Å². The van der Waals surface area contributed by atoms with E-state index in [0.717, 1.165) is 18.4 Å². The lowest BCUT2D eigenvalue weighted by molar-refractivity contribution is -0.132. The first-order valence-corrected chi connectivity index (χ1v) is 8.81. The second kappa shape index (κ2) is 6.39. The fourth-order valence-electron chi connectivity index (χ4n) is 2.66. The van der Waals surface area contributed by atoms with E-state index >= 15 is 0 Å². The van der Waals surface area contributed by atoms with Crippen LogP contribution >= 0.6 is 0 Å². The second-order valence-electron chi connectivity index (χ2n) is 5.20. The van der Waals surface area contributed by atoms with E-state index in [4.69, 9.17) is 0 Å².